The molecule has 1 N–H and O–H groups in total. The van der Waals surface area contributed by atoms with Crippen molar-refractivity contribution in [2.75, 3.05) is 12.1 Å². The molecule has 0 saturated heterocycles. The molecule has 1 aromatic carbocycles. The lowest BCUT2D eigenvalue weighted by Gasteiger charge is -2.05. The molecule has 0 bridgehead atoms. The van der Waals surface area contributed by atoms with Crippen LogP contribution in [0.4, 0.5) is 5.69 Å². The Balaban J connectivity index is 1.58. The summed E-state index contributed by atoms with van der Waals surface area (Å²) >= 11 is 1.26. The molecule has 1 amide bonds. The van der Waals surface area contributed by atoms with Gasteiger partial charge in [0.25, 0.3) is 5.91 Å². The quantitative estimate of drug-likeness (QED) is 0.789. The first-order valence-electron chi connectivity index (χ1n) is 7.16. The molecule has 0 unspecified atom stereocenters. The Kier molecular flexibility index (Phi) is 3.58. The van der Waals surface area contributed by atoms with Crippen LogP contribution in [0.15, 0.2) is 36.7 Å². The third-order valence-corrected chi connectivity index (χ3v) is 4.54. The van der Waals surface area contributed by atoms with Crippen LogP contribution in [0.25, 0.3) is 10.8 Å². The Morgan fingerprint density at radius 2 is 2.00 bits per heavy atom. The molecule has 120 valence electrons. The normalized spacial score (nSPS) is 12.2. The van der Waals surface area contributed by atoms with Gasteiger partial charge in [-0.05, 0) is 25.1 Å². The second-order valence-electron chi connectivity index (χ2n) is 5.03. The summed E-state index contributed by atoms with van der Waals surface area (Å²) in [5.41, 5.74) is 1.27. The summed E-state index contributed by atoms with van der Waals surface area (Å²) in [5.74, 6) is 1.57. The van der Waals surface area contributed by atoms with Gasteiger partial charge in [-0.1, -0.05) is 0 Å². The molecular formula is C16H12N4O3S. The molecule has 2 aromatic heterocycles. The molecule has 8 heteroatoms. The average molecular weight is 340 g/mol. The third-order valence-electron chi connectivity index (χ3n) is 3.39. The predicted molar refractivity (Wildman–Crippen MR) is 88.4 cm³/mol. The molecule has 0 fully saturated rings. The van der Waals surface area contributed by atoms with Crippen LogP contribution in [0, 0.1) is 6.92 Å². The van der Waals surface area contributed by atoms with Crippen LogP contribution in [0.3, 0.4) is 0 Å². The first-order valence-corrected chi connectivity index (χ1v) is 7.98. The van der Waals surface area contributed by atoms with E-state index in [1.54, 1.807) is 43.6 Å². The molecule has 0 saturated carbocycles. The molecule has 1 aliphatic heterocycles. The zero-order valence-electron chi connectivity index (χ0n) is 12.6. The van der Waals surface area contributed by atoms with E-state index in [1.165, 1.54) is 11.3 Å². The maximum Gasteiger partial charge on any atom is 0.267 e. The van der Waals surface area contributed by atoms with Crippen molar-refractivity contribution in [3.8, 4) is 22.3 Å². The zero-order chi connectivity index (χ0) is 16.5. The predicted octanol–water partition coefficient (Wildman–Crippen LogP) is 2.89. The van der Waals surface area contributed by atoms with E-state index in [1.807, 2.05) is 0 Å². The topological polar surface area (TPSA) is 86.2 Å². The third kappa shape index (κ3) is 2.67. The largest absolute Gasteiger partial charge is 0.454 e. The van der Waals surface area contributed by atoms with E-state index >= 15 is 0 Å². The highest BCUT2D eigenvalue weighted by Crippen LogP contribution is 2.34. The van der Waals surface area contributed by atoms with Crippen LogP contribution in [-0.4, -0.2) is 27.7 Å². The zero-order valence-corrected chi connectivity index (χ0v) is 13.5. The van der Waals surface area contributed by atoms with E-state index in [9.17, 15) is 4.79 Å². The number of amides is 1. The van der Waals surface area contributed by atoms with Gasteiger partial charge in [-0.3, -0.25) is 4.79 Å². The van der Waals surface area contributed by atoms with Gasteiger partial charge in [0.05, 0.1) is 5.69 Å². The van der Waals surface area contributed by atoms with Crippen LogP contribution in [-0.2, 0) is 0 Å². The number of hydrogen-bond donors (Lipinski definition) is 1. The molecule has 24 heavy (non-hydrogen) atoms. The number of ether oxygens (including phenoxy) is 2. The Labute approximate surface area is 141 Å². The lowest BCUT2D eigenvalue weighted by Crippen LogP contribution is -2.11. The Morgan fingerprint density at radius 3 is 2.83 bits per heavy atom. The Hall–Kier alpha value is -3.00. The number of nitrogens with zero attached hydrogens (tertiary/aromatic N) is 3. The number of anilines is 1. The van der Waals surface area contributed by atoms with Crippen molar-refractivity contribution in [3.05, 3.63) is 47.2 Å². The second-order valence-corrected chi connectivity index (χ2v) is 6.03. The van der Waals surface area contributed by atoms with Crippen LogP contribution in [0.1, 0.15) is 15.4 Å². The van der Waals surface area contributed by atoms with Crippen molar-refractivity contribution >= 4 is 22.9 Å². The van der Waals surface area contributed by atoms with Gasteiger partial charge >= 0.3 is 0 Å². The minimum absolute atomic E-state index is 0.196. The van der Waals surface area contributed by atoms with Crippen molar-refractivity contribution < 1.29 is 14.3 Å². The lowest BCUT2D eigenvalue weighted by molar-refractivity contribution is 0.103. The van der Waals surface area contributed by atoms with E-state index in [-0.39, 0.29) is 12.7 Å². The van der Waals surface area contributed by atoms with Gasteiger partial charge in [0, 0.05) is 24.1 Å². The van der Waals surface area contributed by atoms with Crippen molar-refractivity contribution in [1.29, 1.82) is 0 Å². The standard InChI is InChI=1S/C16H12N4O3S/c1-9-13(24-16(19-9)14-17-5-2-6-18-14)15(21)20-10-3-4-11-12(7-10)23-8-22-11/h2-7H,8H2,1H3,(H,20,21). The van der Waals surface area contributed by atoms with Crippen molar-refractivity contribution in [2.45, 2.75) is 6.92 Å². The Morgan fingerprint density at radius 1 is 1.21 bits per heavy atom. The summed E-state index contributed by atoms with van der Waals surface area (Å²) in [7, 11) is 0. The van der Waals surface area contributed by atoms with Crippen LogP contribution in [0.2, 0.25) is 0 Å². The van der Waals surface area contributed by atoms with Crippen molar-refractivity contribution in [1.82, 2.24) is 15.0 Å². The molecule has 0 spiro atoms. The number of aryl methyl sites for hydroxylation is 1. The molecule has 0 atom stereocenters. The molecule has 0 aliphatic carbocycles. The number of carbonyl (C=O) groups excluding carboxylic acids is 1. The fraction of sp³-hybridized carbons (Fsp3) is 0.125. The summed E-state index contributed by atoms with van der Waals surface area (Å²) in [5, 5.41) is 3.46. The smallest absolute Gasteiger partial charge is 0.267 e. The first kappa shape index (κ1) is 14.6. The number of hydrogen-bond acceptors (Lipinski definition) is 7. The summed E-state index contributed by atoms with van der Waals surface area (Å²) in [6.45, 7) is 1.98. The molecule has 7 nitrogen and oxygen atoms in total. The van der Waals surface area contributed by atoms with Gasteiger partial charge in [-0.25, -0.2) is 15.0 Å². The molecule has 0 radical (unpaired) electrons. The summed E-state index contributed by atoms with van der Waals surface area (Å²) in [6.07, 6.45) is 3.29. The van der Waals surface area contributed by atoms with Gasteiger partial charge in [0.15, 0.2) is 22.3 Å². The van der Waals surface area contributed by atoms with Gasteiger partial charge in [0.1, 0.15) is 4.88 Å². The maximum atomic E-state index is 12.5. The van der Waals surface area contributed by atoms with Crippen LogP contribution >= 0.6 is 11.3 Å². The number of fused-ring (bicyclic) bond motifs is 1. The molecule has 3 heterocycles. The number of aromatic nitrogens is 3. The fourth-order valence-electron chi connectivity index (χ4n) is 2.27. The van der Waals surface area contributed by atoms with Gasteiger partial charge in [-0.2, -0.15) is 0 Å². The molecule has 4 rings (SSSR count). The summed E-state index contributed by atoms with van der Waals surface area (Å²) < 4.78 is 10.6. The highest BCUT2D eigenvalue weighted by Gasteiger charge is 2.19. The average Bonchev–Trinajstić information content (AvgIpc) is 3.21. The van der Waals surface area contributed by atoms with Crippen LogP contribution < -0.4 is 14.8 Å². The molecule has 1 aliphatic rings. The Bertz CT molecular complexity index is 911. The van der Waals surface area contributed by atoms with E-state index in [0.29, 0.717) is 38.6 Å². The van der Waals surface area contributed by atoms with E-state index in [2.05, 4.69) is 20.3 Å². The molecular weight excluding hydrogens is 328 g/mol. The van der Waals surface area contributed by atoms with E-state index in [4.69, 9.17) is 9.47 Å². The molecule has 3 aromatic rings. The van der Waals surface area contributed by atoms with Gasteiger partial charge in [0.2, 0.25) is 6.79 Å². The maximum absolute atomic E-state index is 12.5. The lowest BCUT2D eigenvalue weighted by atomic mass is 10.2. The monoisotopic (exact) mass is 340 g/mol. The number of thiazole rings is 1. The number of nitrogens with one attached hydrogen (secondary N) is 1. The summed E-state index contributed by atoms with van der Waals surface area (Å²) in [6, 6.07) is 7.00. The van der Waals surface area contributed by atoms with Crippen molar-refractivity contribution in [2.24, 2.45) is 0 Å². The first-order chi connectivity index (χ1) is 11.7. The summed E-state index contributed by atoms with van der Waals surface area (Å²) in [4.78, 5) is 25.8. The fourth-order valence-corrected chi connectivity index (χ4v) is 3.18. The highest BCUT2D eigenvalue weighted by molar-refractivity contribution is 7.17. The number of benzene rings is 1. The van der Waals surface area contributed by atoms with Gasteiger partial charge < -0.3 is 14.8 Å². The number of rotatable bonds is 3. The minimum atomic E-state index is -0.231. The number of carbonyl (C=O) groups is 1. The van der Waals surface area contributed by atoms with Crippen LogP contribution in [0.5, 0.6) is 11.5 Å². The SMILES string of the molecule is Cc1nc(-c2ncccn2)sc1C(=O)Nc1ccc2c(c1)OCO2. The highest BCUT2D eigenvalue weighted by atomic mass is 32.1. The minimum Gasteiger partial charge on any atom is -0.454 e. The van der Waals surface area contributed by atoms with E-state index in [0.717, 1.165) is 0 Å². The van der Waals surface area contributed by atoms with E-state index < -0.39 is 0 Å². The second kappa shape index (κ2) is 5.89. The van der Waals surface area contributed by atoms with Gasteiger partial charge in [-0.15, -0.1) is 11.3 Å². The van der Waals surface area contributed by atoms with Crippen molar-refractivity contribution in [3.63, 3.8) is 0 Å².